The second-order valence-electron chi connectivity index (χ2n) is 5.24. The second-order valence-corrected chi connectivity index (χ2v) is 8.20. The standard InChI is InChI=1S/C16H15BrF3NO3S/c1-21(10-11-9-13(17)5-8-15(11)24-2)25(22,23)14-6-3-12(4-7-14)16(18,19)20/h3-9H,10H2,1-2H3. The van der Waals surface area contributed by atoms with Gasteiger partial charge < -0.3 is 4.74 Å². The lowest BCUT2D eigenvalue weighted by molar-refractivity contribution is -0.137. The van der Waals surface area contributed by atoms with Crippen LogP contribution >= 0.6 is 15.9 Å². The predicted octanol–water partition coefficient (Wildman–Crippen LogP) is 4.30. The third-order valence-electron chi connectivity index (χ3n) is 3.53. The average Bonchev–Trinajstić information content (AvgIpc) is 2.54. The Balaban J connectivity index is 2.29. The van der Waals surface area contributed by atoms with Crippen molar-refractivity contribution >= 4 is 26.0 Å². The summed E-state index contributed by atoms with van der Waals surface area (Å²) in [6.45, 7) is 0.00592. The molecule has 0 unspecified atom stereocenters. The van der Waals surface area contributed by atoms with E-state index in [-0.39, 0.29) is 11.4 Å². The van der Waals surface area contributed by atoms with Crippen LogP contribution in [0.25, 0.3) is 0 Å². The minimum Gasteiger partial charge on any atom is -0.496 e. The number of hydrogen-bond donors (Lipinski definition) is 0. The Morgan fingerprint density at radius 3 is 2.24 bits per heavy atom. The van der Waals surface area contributed by atoms with E-state index >= 15 is 0 Å². The van der Waals surface area contributed by atoms with Crippen molar-refractivity contribution in [3.05, 3.63) is 58.1 Å². The van der Waals surface area contributed by atoms with E-state index in [4.69, 9.17) is 4.74 Å². The first-order valence-corrected chi connectivity index (χ1v) is 9.25. The number of halogens is 4. The molecule has 0 aromatic heterocycles. The summed E-state index contributed by atoms with van der Waals surface area (Å²) < 4.78 is 70.0. The van der Waals surface area contributed by atoms with Gasteiger partial charge in [0.25, 0.3) is 0 Å². The highest BCUT2D eigenvalue weighted by atomic mass is 79.9. The number of alkyl halides is 3. The molecule has 4 nitrogen and oxygen atoms in total. The van der Waals surface area contributed by atoms with Crippen molar-refractivity contribution in [2.24, 2.45) is 0 Å². The molecule has 2 aromatic rings. The molecule has 0 atom stereocenters. The van der Waals surface area contributed by atoms with Gasteiger partial charge in [-0.15, -0.1) is 0 Å². The summed E-state index contributed by atoms with van der Waals surface area (Å²) in [7, 11) is -1.12. The number of methoxy groups -OCH3 is 1. The van der Waals surface area contributed by atoms with Crippen molar-refractivity contribution in [1.82, 2.24) is 4.31 Å². The molecule has 2 rings (SSSR count). The van der Waals surface area contributed by atoms with Crippen LogP contribution in [-0.2, 0) is 22.7 Å². The zero-order valence-corrected chi connectivity index (χ0v) is 15.7. The molecule has 0 aliphatic heterocycles. The van der Waals surface area contributed by atoms with Crippen LogP contribution in [0.3, 0.4) is 0 Å². The Labute approximate surface area is 152 Å². The molecule has 0 saturated carbocycles. The number of sulfonamides is 1. The van der Waals surface area contributed by atoms with Crippen LogP contribution < -0.4 is 4.74 Å². The van der Waals surface area contributed by atoms with E-state index in [0.29, 0.717) is 11.3 Å². The largest absolute Gasteiger partial charge is 0.496 e. The molecule has 2 aromatic carbocycles. The molecule has 0 heterocycles. The normalized spacial score (nSPS) is 12.4. The molecule has 25 heavy (non-hydrogen) atoms. The van der Waals surface area contributed by atoms with Gasteiger partial charge >= 0.3 is 6.18 Å². The highest BCUT2D eigenvalue weighted by Gasteiger charge is 2.31. The zero-order chi connectivity index (χ0) is 18.8. The maximum atomic E-state index is 12.6. The molecule has 0 spiro atoms. The van der Waals surface area contributed by atoms with E-state index in [1.807, 2.05) is 0 Å². The summed E-state index contributed by atoms with van der Waals surface area (Å²) in [6.07, 6.45) is -4.52. The number of nitrogens with zero attached hydrogens (tertiary/aromatic N) is 1. The van der Waals surface area contributed by atoms with Crippen LogP contribution in [0, 0.1) is 0 Å². The summed E-state index contributed by atoms with van der Waals surface area (Å²) in [5, 5.41) is 0. The van der Waals surface area contributed by atoms with Crippen LogP contribution in [0.2, 0.25) is 0 Å². The van der Waals surface area contributed by atoms with Gasteiger partial charge in [-0.05, 0) is 42.5 Å². The maximum Gasteiger partial charge on any atom is 0.416 e. The Kier molecular flexibility index (Phi) is 5.80. The Morgan fingerprint density at radius 1 is 1.12 bits per heavy atom. The van der Waals surface area contributed by atoms with Crippen LogP contribution in [0.15, 0.2) is 51.8 Å². The van der Waals surface area contributed by atoms with E-state index < -0.39 is 21.8 Å². The minimum absolute atomic E-state index is 0.00592. The van der Waals surface area contributed by atoms with Gasteiger partial charge in [-0.2, -0.15) is 17.5 Å². The zero-order valence-electron chi connectivity index (χ0n) is 13.3. The molecule has 136 valence electrons. The van der Waals surface area contributed by atoms with E-state index in [1.54, 1.807) is 18.2 Å². The van der Waals surface area contributed by atoms with E-state index in [2.05, 4.69) is 15.9 Å². The molecule has 0 saturated heterocycles. The summed E-state index contributed by atoms with van der Waals surface area (Å²) >= 11 is 3.31. The van der Waals surface area contributed by atoms with Crippen molar-refractivity contribution in [3.8, 4) is 5.75 Å². The number of ether oxygens (including phenoxy) is 1. The minimum atomic E-state index is -4.52. The molecule has 0 fully saturated rings. The summed E-state index contributed by atoms with van der Waals surface area (Å²) in [4.78, 5) is -0.211. The first kappa shape index (κ1) is 19.7. The van der Waals surface area contributed by atoms with Gasteiger partial charge in [0.1, 0.15) is 5.75 Å². The van der Waals surface area contributed by atoms with Crippen molar-refractivity contribution in [2.45, 2.75) is 17.6 Å². The van der Waals surface area contributed by atoms with Gasteiger partial charge in [0.05, 0.1) is 17.6 Å². The molecule has 0 amide bonds. The summed E-state index contributed by atoms with van der Waals surface area (Å²) in [5.41, 5.74) is -0.280. The van der Waals surface area contributed by atoms with Gasteiger partial charge in [0.15, 0.2) is 0 Å². The molecule has 9 heteroatoms. The van der Waals surface area contributed by atoms with Crippen molar-refractivity contribution in [3.63, 3.8) is 0 Å². The second kappa shape index (κ2) is 7.35. The fourth-order valence-electron chi connectivity index (χ4n) is 2.19. The maximum absolute atomic E-state index is 12.6. The molecule has 0 N–H and O–H groups in total. The fourth-order valence-corrected chi connectivity index (χ4v) is 3.75. The van der Waals surface area contributed by atoms with Crippen LogP contribution in [0.4, 0.5) is 13.2 Å². The quantitative estimate of drug-likeness (QED) is 0.700. The first-order chi connectivity index (χ1) is 11.6. The van der Waals surface area contributed by atoms with Crippen molar-refractivity contribution < 1.29 is 26.3 Å². The number of rotatable bonds is 5. The smallest absolute Gasteiger partial charge is 0.416 e. The van der Waals surface area contributed by atoms with E-state index in [0.717, 1.165) is 33.0 Å². The van der Waals surface area contributed by atoms with Gasteiger partial charge in [-0.3, -0.25) is 0 Å². The van der Waals surface area contributed by atoms with Crippen molar-refractivity contribution in [1.29, 1.82) is 0 Å². The highest BCUT2D eigenvalue weighted by molar-refractivity contribution is 9.10. The molecular formula is C16H15BrF3NO3S. The highest BCUT2D eigenvalue weighted by Crippen LogP contribution is 2.31. The average molecular weight is 438 g/mol. The summed E-state index contributed by atoms with van der Waals surface area (Å²) in [5.74, 6) is 0.512. The van der Waals surface area contributed by atoms with E-state index in [9.17, 15) is 21.6 Å². The van der Waals surface area contributed by atoms with Gasteiger partial charge in [-0.1, -0.05) is 15.9 Å². The Bertz CT molecular complexity index is 852. The number of hydrogen-bond acceptors (Lipinski definition) is 3. The lowest BCUT2D eigenvalue weighted by Gasteiger charge is -2.19. The Hall–Kier alpha value is -1.58. The third-order valence-corrected chi connectivity index (χ3v) is 5.84. The lowest BCUT2D eigenvalue weighted by atomic mass is 10.2. The fraction of sp³-hybridized carbons (Fsp3) is 0.250. The van der Waals surface area contributed by atoms with Gasteiger partial charge in [0, 0.05) is 23.6 Å². The van der Waals surface area contributed by atoms with Crippen LogP contribution in [-0.4, -0.2) is 26.9 Å². The SMILES string of the molecule is COc1ccc(Br)cc1CN(C)S(=O)(=O)c1ccc(C(F)(F)F)cc1. The third kappa shape index (κ3) is 4.53. The molecular weight excluding hydrogens is 423 g/mol. The van der Waals surface area contributed by atoms with Gasteiger partial charge in [-0.25, -0.2) is 8.42 Å². The van der Waals surface area contributed by atoms with Crippen LogP contribution in [0.5, 0.6) is 5.75 Å². The van der Waals surface area contributed by atoms with Gasteiger partial charge in [0.2, 0.25) is 10.0 Å². The first-order valence-electron chi connectivity index (χ1n) is 7.01. The molecule has 0 bridgehead atoms. The topological polar surface area (TPSA) is 46.6 Å². The van der Waals surface area contributed by atoms with Crippen molar-refractivity contribution in [2.75, 3.05) is 14.2 Å². The Morgan fingerprint density at radius 2 is 1.72 bits per heavy atom. The monoisotopic (exact) mass is 437 g/mol. The lowest BCUT2D eigenvalue weighted by Crippen LogP contribution is -2.26. The van der Waals surface area contributed by atoms with Crippen LogP contribution in [0.1, 0.15) is 11.1 Å². The number of benzene rings is 2. The molecule has 0 aliphatic rings. The summed E-state index contributed by atoms with van der Waals surface area (Å²) in [6, 6.07) is 8.57. The molecule has 0 aliphatic carbocycles. The molecule has 0 radical (unpaired) electrons. The predicted molar refractivity (Wildman–Crippen MR) is 90.8 cm³/mol. The van der Waals surface area contributed by atoms with E-state index in [1.165, 1.54) is 14.2 Å².